The Balaban J connectivity index is 1.44. The van der Waals surface area contributed by atoms with Crippen molar-refractivity contribution in [2.75, 3.05) is 32.8 Å². The standard InChI is InChI=1S/C18H23F2N3O/c19-13-1-2-16(20)15(5-13)18-17(21)6-14(10-24-18)23-4-3-11-7-22-8-12(11)9-23/h1-2,5,14,17-18,22H,3-4,6-10,21H2. The Labute approximate surface area is 140 Å². The lowest BCUT2D eigenvalue weighted by Crippen LogP contribution is -2.51. The Bertz CT molecular complexity index is 664. The fourth-order valence-corrected chi connectivity index (χ4v) is 4.11. The van der Waals surface area contributed by atoms with E-state index in [9.17, 15) is 8.78 Å². The molecular weight excluding hydrogens is 312 g/mol. The van der Waals surface area contributed by atoms with Crippen molar-refractivity contribution in [3.05, 3.63) is 46.5 Å². The molecule has 1 fully saturated rings. The summed E-state index contributed by atoms with van der Waals surface area (Å²) in [4.78, 5) is 2.42. The number of hydrogen-bond donors (Lipinski definition) is 2. The summed E-state index contributed by atoms with van der Waals surface area (Å²) in [5.74, 6) is -0.923. The SMILES string of the molecule is NC1CC(N2CCC3=C(CNC3)C2)COC1c1cc(F)ccc1F. The molecule has 3 unspecified atom stereocenters. The van der Waals surface area contributed by atoms with E-state index in [1.807, 2.05) is 0 Å². The van der Waals surface area contributed by atoms with Crippen LogP contribution in [-0.2, 0) is 4.74 Å². The first-order valence-electron chi connectivity index (χ1n) is 8.58. The van der Waals surface area contributed by atoms with E-state index in [4.69, 9.17) is 10.5 Å². The molecule has 3 aliphatic rings. The first-order valence-corrected chi connectivity index (χ1v) is 8.58. The average molecular weight is 335 g/mol. The van der Waals surface area contributed by atoms with Crippen LogP contribution >= 0.6 is 0 Å². The van der Waals surface area contributed by atoms with Crippen molar-refractivity contribution >= 4 is 0 Å². The second kappa shape index (κ2) is 6.52. The largest absolute Gasteiger partial charge is 0.370 e. The summed E-state index contributed by atoms with van der Waals surface area (Å²) in [5.41, 5.74) is 9.54. The van der Waals surface area contributed by atoms with E-state index in [1.54, 1.807) is 5.57 Å². The van der Waals surface area contributed by atoms with E-state index >= 15 is 0 Å². The van der Waals surface area contributed by atoms with E-state index < -0.39 is 17.7 Å². The molecule has 0 radical (unpaired) electrons. The summed E-state index contributed by atoms with van der Waals surface area (Å²) >= 11 is 0. The lowest BCUT2D eigenvalue weighted by atomic mass is 9.92. The van der Waals surface area contributed by atoms with Crippen LogP contribution in [0.25, 0.3) is 0 Å². The van der Waals surface area contributed by atoms with Gasteiger partial charge in [0.1, 0.15) is 17.7 Å². The number of benzene rings is 1. The lowest BCUT2D eigenvalue weighted by Gasteiger charge is -2.42. The van der Waals surface area contributed by atoms with Crippen LogP contribution in [0.5, 0.6) is 0 Å². The Morgan fingerprint density at radius 3 is 2.88 bits per heavy atom. The van der Waals surface area contributed by atoms with Gasteiger partial charge in [-0.1, -0.05) is 5.57 Å². The number of nitrogens with zero attached hydrogens (tertiary/aromatic N) is 1. The lowest BCUT2D eigenvalue weighted by molar-refractivity contribution is -0.0506. The minimum Gasteiger partial charge on any atom is -0.370 e. The van der Waals surface area contributed by atoms with Gasteiger partial charge >= 0.3 is 0 Å². The molecule has 0 amide bonds. The summed E-state index contributed by atoms with van der Waals surface area (Å²) < 4.78 is 33.3. The van der Waals surface area contributed by atoms with Gasteiger partial charge in [-0.3, -0.25) is 4.90 Å². The minimum absolute atomic E-state index is 0.226. The van der Waals surface area contributed by atoms with Gasteiger partial charge in [-0.05, 0) is 36.6 Å². The van der Waals surface area contributed by atoms with Crippen LogP contribution in [0.3, 0.4) is 0 Å². The van der Waals surface area contributed by atoms with Crippen molar-refractivity contribution in [1.82, 2.24) is 10.2 Å². The first kappa shape index (κ1) is 16.1. The predicted octanol–water partition coefficient (Wildman–Crippen LogP) is 1.73. The van der Waals surface area contributed by atoms with Crippen molar-refractivity contribution in [3.63, 3.8) is 0 Å². The van der Waals surface area contributed by atoms with Crippen LogP contribution in [0.15, 0.2) is 29.3 Å². The smallest absolute Gasteiger partial charge is 0.129 e. The summed E-state index contributed by atoms with van der Waals surface area (Å²) in [6.07, 6.45) is 1.25. The second-order valence-electron chi connectivity index (χ2n) is 7.00. The average Bonchev–Trinajstić information content (AvgIpc) is 3.05. The molecule has 1 aromatic carbocycles. The summed E-state index contributed by atoms with van der Waals surface area (Å²) in [5, 5.41) is 3.40. The van der Waals surface area contributed by atoms with Gasteiger partial charge in [0, 0.05) is 43.8 Å². The Morgan fingerprint density at radius 1 is 1.21 bits per heavy atom. The fourth-order valence-electron chi connectivity index (χ4n) is 4.11. The van der Waals surface area contributed by atoms with Gasteiger partial charge in [0.25, 0.3) is 0 Å². The number of halogens is 2. The highest BCUT2D eigenvalue weighted by molar-refractivity contribution is 5.27. The third-order valence-electron chi connectivity index (χ3n) is 5.45. The number of nitrogens with one attached hydrogen (secondary N) is 1. The highest BCUT2D eigenvalue weighted by atomic mass is 19.1. The molecule has 3 atom stereocenters. The molecule has 4 nitrogen and oxygen atoms in total. The van der Waals surface area contributed by atoms with E-state index in [0.29, 0.717) is 6.61 Å². The van der Waals surface area contributed by atoms with E-state index in [2.05, 4.69) is 10.2 Å². The molecule has 0 spiro atoms. The van der Waals surface area contributed by atoms with Crippen molar-refractivity contribution < 1.29 is 13.5 Å². The zero-order valence-corrected chi connectivity index (χ0v) is 13.6. The van der Waals surface area contributed by atoms with E-state index in [1.165, 1.54) is 11.6 Å². The molecule has 130 valence electrons. The maximum absolute atomic E-state index is 14.0. The third-order valence-corrected chi connectivity index (χ3v) is 5.45. The number of rotatable bonds is 2. The van der Waals surface area contributed by atoms with Crippen molar-refractivity contribution in [2.24, 2.45) is 5.73 Å². The second-order valence-corrected chi connectivity index (χ2v) is 7.00. The van der Waals surface area contributed by atoms with E-state index in [-0.39, 0.29) is 17.6 Å². The van der Waals surface area contributed by atoms with Gasteiger partial charge in [-0.2, -0.15) is 0 Å². The molecule has 0 aromatic heterocycles. The third kappa shape index (κ3) is 2.99. The maximum atomic E-state index is 14.0. The number of nitrogens with two attached hydrogens (primary N) is 1. The molecule has 1 aromatic rings. The van der Waals surface area contributed by atoms with Crippen molar-refractivity contribution in [2.45, 2.75) is 31.0 Å². The molecular formula is C18H23F2N3O. The van der Waals surface area contributed by atoms with Gasteiger partial charge in [0.2, 0.25) is 0 Å². The Hall–Kier alpha value is -1.34. The Morgan fingerprint density at radius 2 is 2.04 bits per heavy atom. The van der Waals surface area contributed by atoms with Crippen LogP contribution in [0, 0.1) is 11.6 Å². The molecule has 0 bridgehead atoms. The summed E-state index contributed by atoms with van der Waals surface area (Å²) in [6, 6.07) is 3.35. The molecule has 3 aliphatic heterocycles. The molecule has 1 saturated heterocycles. The van der Waals surface area contributed by atoms with Crippen LogP contribution in [0.2, 0.25) is 0 Å². The monoisotopic (exact) mass is 335 g/mol. The summed E-state index contributed by atoms with van der Waals surface area (Å²) in [7, 11) is 0. The maximum Gasteiger partial charge on any atom is 0.129 e. The first-order chi connectivity index (χ1) is 11.6. The summed E-state index contributed by atoms with van der Waals surface area (Å²) in [6.45, 7) is 4.47. The van der Waals surface area contributed by atoms with Gasteiger partial charge < -0.3 is 15.8 Å². The van der Waals surface area contributed by atoms with Gasteiger partial charge in [0.15, 0.2) is 0 Å². The van der Waals surface area contributed by atoms with Gasteiger partial charge in [-0.25, -0.2) is 8.78 Å². The molecule has 0 saturated carbocycles. The topological polar surface area (TPSA) is 50.5 Å². The normalized spacial score (nSPS) is 31.4. The molecule has 3 heterocycles. The van der Waals surface area contributed by atoms with Crippen LogP contribution in [0.1, 0.15) is 24.5 Å². The number of hydrogen-bond acceptors (Lipinski definition) is 4. The van der Waals surface area contributed by atoms with Crippen LogP contribution in [-0.4, -0.2) is 49.8 Å². The van der Waals surface area contributed by atoms with E-state index in [0.717, 1.165) is 51.2 Å². The highest BCUT2D eigenvalue weighted by Gasteiger charge is 2.36. The molecule has 4 rings (SSSR count). The minimum atomic E-state index is -0.579. The quantitative estimate of drug-likeness (QED) is 0.808. The van der Waals surface area contributed by atoms with Crippen LogP contribution in [0.4, 0.5) is 8.78 Å². The zero-order chi connectivity index (χ0) is 16.7. The fraction of sp³-hybridized carbons (Fsp3) is 0.556. The zero-order valence-electron chi connectivity index (χ0n) is 13.6. The van der Waals surface area contributed by atoms with Crippen LogP contribution < -0.4 is 11.1 Å². The molecule has 6 heteroatoms. The predicted molar refractivity (Wildman–Crippen MR) is 87.5 cm³/mol. The van der Waals surface area contributed by atoms with Gasteiger partial charge in [-0.15, -0.1) is 0 Å². The molecule has 24 heavy (non-hydrogen) atoms. The van der Waals surface area contributed by atoms with Crippen molar-refractivity contribution in [1.29, 1.82) is 0 Å². The molecule has 0 aliphatic carbocycles. The number of ether oxygens (including phenoxy) is 1. The molecule has 3 N–H and O–H groups in total. The van der Waals surface area contributed by atoms with Gasteiger partial charge in [0.05, 0.1) is 6.61 Å². The Kier molecular flexibility index (Phi) is 4.39. The van der Waals surface area contributed by atoms with Crippen molar-refractivity contribution in [3.8, 4) is 0 Å². The highest BCUT2D eigenvalue weighted by Crippen LogP contribution is 2.33.